The van der Waals surface area contributed by atoms with Gasteiger partial charge in [-0.3, -0.25) is 9.69 Å². The van der Waals surface area contributed by atoms with Gasteiger partial charge in [0.25, 0.3) is 5.91 Å². The van der Waals surface area contributed by atoms with Gasteiger partial charge >= 0.3 is 0 Å². The number of amides is 1. The predicted octanol–water partition coefficient (Wildman–Crippen LogP) is 1.57. The van der Waals surface area contributed by atoms with E-state index in [4.69, 9.17) is 0 Å². The molecule has 128 valence electrons. The fourth-order valence-corrected chi connectivity index (χ4v) is 3.38. The van der Waals surface area contributed by atoms with Gasteiger partial charge in [0.2, 0.25) is 0 Å². The molecule has 0 unspecified atom stereocenters. The molecule has 2 aliphatic rings. The van der Waals surface area contributed by atoms with Gasteiger partial charge in [-0.1, -0.05) is 6.07 Å². The molecule has 5 nitrogen and oxygen atoms in total. The molecule has 1 aromatic rings. The standard InChI is InChI=1S/C17H25N3O2.ClH/c21-16-3-1-2-15(12-16)17(22)20-10-8-19(9-11-20)13-14-4-6-18-7-5-14;/h1-3,12,14,18,21H,4-11,13H2;1H. The van der Waals surface area contributed by atoms with Crippen molar-refractivity contribution in [3.05, 3.63) is 29.8 Å². The fourth-order valence-electron chi connectivity index (χ4n) is 3.38. The zero-order valence-electron chi connectivity index (χ0n) is 13.4. The summed E-state index contributed by atoms with van der Waals surface area (Å²) in [4.78, 5) is 16.8. The lowest BCUT2D eigenvalue weighted by Crippen LogP contribution is -2.50. The largest absolute Gasteiger partial charge is 0.508 e. The van der Waals surface area contributed by atoms with E-state index in [2.05, 4.69) is 10.2 Å². The molecule has 2 fully saturated rings. The lowest BCUT2D eigenvalue weighted by molar-refractivity contribution is 0.0608. The first-order valence-corrected chi connectivity index (χ1v) is 8.24. The Bertz CT molecular complexity index is 512. The van der Waals surface area contributed by atoms with E-state index in [1.165, 1.54) is 12.8 Å². The van der Waals surface area contributed by atoms with Gasteiger partial charge in [-0.25, -0.2) is 0 Å². The van der Waals surface area contributed by atoms with Crippen molar-refractivity contribution in [2.75, 3.05) is 45.8 Å². The van der Waals surface area contributed by atoms with Gasteiger partial charge in [-0.05, 0) is 50.0 Å². The number of halogens is 1. The molecule has 0 spiro atoms. The molecule has 2 heterocycles. The predicted molar refractivity (Wildman–Crippen MR) is 93.3 cm³/mol. The Balaban J connectivity index is 0.00000192. The molecule has 2 aliphatic heterocycles. The van der Waals surface area contributed by atoms with Crippen LogP contribution >= 0.6 is 12.4 Å². The van der Waals surface area contributed by atoms with E-state index in [0.29, 0.717) is 5.56 Å². The van der Waals surface area contributed by atoms with Crippen molar-refractivity contribution in [1.29, 1.82) is 0 Å². The number of phenolic OH excluding ortho intramolecular Hbond substituents is 1. The van der Waals surface area contributed by atoms with E-state index in [1.807, 2.05) is 4.90 Å². The number of carbonyl (C=O) groups excluding carboxylic acids is 1. The van der Waals surface area contributed by atoms with Crippen molar-refractivity contribution in [1.82, 2.24) is 15.1 Å². The summed E-state index contributed by atoms with van der Waals surface area (Å²) < 4.78 is 0. The number of piperazine rings is 1. The molecular weight excluding hydrogens is 314 g/mol. The van der Waals surface area contributed by atoms with Crippen LogP contribution in [-0.4, -0.2) is 66.6 Å². The van der Waals surface area contributed by atoms with Crippen molar-refractivity contribution in [3.63, 3.8) is 0 Å². The number of hydrogen-bond acceptors (Lipinski definition) is 4. The lowest BCUT2D eigenvalue weighted by Gasteiger charge is -2.37. The molecule has 23 heavy (non-hydrogen) atoms. The van der Waals surface area contributed by atoms with E-state index in [9.17, 15) is 9.90 Å². The molecule has 6 heteroatoms. The molecule has 0 aromatic heterocycles. The Morgan fingerprint density at radius 3 is 2.52 bits per heavy atom. The number of carbonyl (C=O) groups is 1. The molecular formula is C17H26ClN3O2. The second-order valence-corrected chi connectivity index (χ2v) is 6.34. The molecule has 1 aromatic carbocycles. The highest BCUT2D eigenvalue weighted by atomic mass is 35.5. The van der Waals surface area contributed by atoms with Crippen LogP contribution in [0.3, 0.4) is 0 Å². The smallest absolute Gasteiger partial charge is 0.254 e. The summed E-state index contributed by atoms with van der Waals surface area (Å²) in [7, 11) is 0. The molecule has 0 saturated carbocycles. The fraction of sp³-hybridized carbons (Fsp3) is 0.588. The number of phenols is 1. The van der Waals surface area contributed by atoms with Crippen LogP contribution in [0.4, 0.5) is 0 Å². The highest BCUT2D eigenvalue weighted by Gasteiger charge is 2.24. The second kappa shape index (κ2) is 8.52. The highest BCUT2D eigenvalue weighted by molar-refractivity contribution is 5.94. The molecule has 1 amide bonds. The van der Waals surface area contributed by atoms with Crippen LogP contribution in [0.1, 0.15) is 23.2 Å². The molecule has 2 N–H and O–H groups in total. The van der Waals surface area contributed by atoms with E-state index >= 15 is 0 Å². The van der Waals surface area contributed by atoms with E-state index in [0.717, 1.165) is 51.7 Å². The van der Waals surface area contributed by atoms with Gasteiger partial charge in [-0.15, -0.1) is 12.4 Å². The molecule has 3 rings (SSSR count). The Labute approximate surface area is 144 Å². The number of rotatable bonds is 3. The van der Waals surface area contributed by atoms with Gasteiger partial charge in [0.15, 0.2) is 0 Å². The van der Waals surface area contributed by atoms with Crippen LogP contribution in [0, 0.1) is 5.92 Å². The Hall–Kier alpha value is -1.30. The van der Waals surface area contributed by atoms with E-state index < -0.39 is 0 Å². The lowest BCUT2D eigenvalue weighted by atomic mass is 9.97. The molecule has 2 saturated heterocycles. The van der Waals surface area contributed by atoms with Gasteiger partial charge in [0.1, 0.15) is 5.75 Å². The Morgan fingerprint density at radius 1 is 1.17 bits per heavy atom. The number of nitrogens with zero attached hydrogens (tertiary/aromatic N) is 2. The summed E-state index contributed by atoms with van der Waals surface area (Å²) in [6.07, 6.45) is 2.53. The van der Waals surface area contributed by atoms with Crippen molar-refractivity contribution >= 4 is 18.3 Å². The summed E-state index contributed by atoms with van der Waals surface area (Å²) in [5.41, 5.74) is 0.576. The van der Waals surface area contributed by atoms with Gasteiger partial charge < -0.3 is 15.3 Å². The number of aromatic hydroxyl groups is 1. The number of benzene rings is 1. The van der Waals surface area contributed by atoms with Crippen LogP contribution in [-0.2, 0) is 0 Å². The minimum atomic E-state index is 0. The molecule has 0 atom stereocenters. The second-order valence-electron chi connectivity index (χ2n) is 6.34. The third kappa shape index (κ3) is 4.83. The van der Waals surface area contributed by atoms with Crippen LogP contribution in [0.2, 0.25) is 0 Å². The first-order valence-electron chi connectivity index (χ1n) is 8.24. The topological polar surface area (TPSA) is 55.8 Å². The Morgan fingerprint density at radius 2 is 1.87 bits per heavy atom. The maximum atomic E-state index is 12.4. The monoisotopic (exact) mass is 339 g/mol. The number of hydrogen-bond donors (Lipinski definition) is 2. The summed E-state index contributed by atoms with van der Waals surface area (Å²) in [6.45, 7) is 6.90. The van der Waals surface area contributed by atoms with Gasteiger partial charge in [0.05, 0.1) is 0 Å². The minimum Gasteiger partial charge on any atom is -0.508 e. The molecule has 0 bridgehead atoms. The highest BCUT2D eigenvalue weighted by Crippen LogP contribution is 2.17. The maximum absolute atomic E-state index is 12.4. The SMILES string of the molecule is Cl.O=C(c1cccc(O)c1)N1CCN(CC2CCNCC2)CC1. The number of piperidine rings is 1. The Kier molecular flexibility index (Phi) is 6.69. The third-order valence-corrected chi connectivity index (χ3v) is 4.73. The minimum absolute atomic E-state index is 0. The summed E-state index contributed by atoms with van der Waals surface area (Å²) in [5.74, 6) is 0.974. The average Bonchev–Trinajstić information content (AvgIpc) is 2.56. The first kappa shape index (κ1) is 18.0. The molecule has 0 aliphatic carbocycles. The van der Waals surface area contributed by atoms with Crippen LogP contribution < -0.4 is 5.32 Å². The van der Waals surface area contributed by atoms with Crippen molar-refractivity contribution in [2.24, 2.45) is 5.92 Å². The van der Waals surface area contributed by atoms with Gasteiger partial charge in [-0.2, -0.15) is 0 Å². The van der Waals surface area contributed by atoms with E-state index in [-0.39, 0.29) is 24.1 Å². The zero-order valence-corrected chi connectivity index (χ0v) is 14.2. The maximum Gasteiger partial charge on any atom is 0.254 e. The van der Waals surface area contributed by atoms with Crippen LogP contribution in [0.25, 0.3) is 0 Å². The van der Waals surface area contributed by atoms with Crippen molar-refractivity contribution in [2.45, 2.75) is 12.8 Å². The van der Waals surface area contributed by atoms with Crippen molar-refractivity contribution < 1.29 is 9.90 Å². The van der Waals surface area contributed by atoms with E-state index in [1.54, 1.807) is 24.3 Å². The van der Waals surface area contributed by atoms with Crippen molar-refractivity contribution in [3.8, 4) is 5.75 Å². The third-order valence-electron chi connectivity index (χ3n) is 4.73. The molecule has 0 radical (unpaired) electrons. The van der Waals surface area contributed by atoms with Crippen LogP contribution in [0.15, 0.2) is 24.3 Å². The summed E-state index contributed by atoms with van der Waals surface area (Å²) in [5, 5.41) is 12.9. The normalized spacial score (nSPS) is 20.1. The average molecular weight is 340 g/mol. The van der Waals surface area contributed by atoms with Gasteiger partial charge in [0, 0.05) is 38.3 Å². The zero-order chi connectivity index (χ0) is 15.4. The number of nitrogens with one attached hydrogen (secondary N) is 1. The first-order chi connectivity index (χ1) is 10.7. The summed E-state index contributed by atoms with van der Waals surface area (Å²) in [6, 6.07) is 6.62. The van der Waals surface area contributed by atoms with Crippen LogP contribution in [0.5, 0.6) is 5.75 Å². The quantitative estimate of drug-likeness (QED) is 0.877. The summed E-state index contributed by atoms with van der Waals surface area (Å²) >= 11 is 0.